The van der Waals surface area contributed by atoms with Crippen LogP contribution >= 0.6 is 11.8 Å². The number of benzene rings is 3. The summed E-state index contributed by atoms with van der Waals surface area (Å²) in [4.78, 5) is 25.7. The highest BCUT2D eigenvalue weighted by Gasteiger charge is 2.15. The van der Waals surface area contributed by atoms with E-state index < -0.39 is 0 Å². The Morgan fingerprint density at radius 2 is 1.48 bits per heavy atom. The Hall–Kier alpha value is -3.05. The number of amides is 2. The fraction of sp³-hybridized carbons (Fsp3) is 0.167. The summed E-state index contributed by atoms with van der Waals surface area (Å²) in [5, 5.41) is 5.59. The Kier molecular flexibility index (Phi) is 6.73. The molecule has 3 aromatic rings. The minimum atomic E-state index is -0.247. The number of hydrogen-bond acceptors (Lipinski definition) is 3. The Morgan fingerprint density at radius 1 is 0.793 bits per heavy atom. The molecule has 5 heteroatoms. The van der Waals surface area contributed by atoms with Crippen molar-refractivity contribution < 1.29 is 9.59 Å². The second-order valence-corrected chi connectivity index (χ2v) is 8.38. The van der Waals surface area contributed by atoms with E-state index in [1.54, 1.807) is 0 Å². The zero-order chi connectivity index (χ0) is 20.8. The lowest BCUT2D eigenvalue weighted by molar-refractivity contribution is -0.115. The second-order valence-electron chi connectivity index (χ2n) is 6.96. The van der Waals surface area contributed by atoms with Crippen LogP contribution in [0.2, 0.25) is 0 Å². The fourth-order valence-electron chi connectivity index (χ4n) is 2.75. The number of carbonyl (C=O) groups excluding carboxylic acids is 2. The maximum Gasteiger partial charge on any atom is 0.255 e. The average Bonchev–Trinajstić information content (AvgIpc) is 2.70. The van der Waals surface area contributed by atoms with E-state index in [0.717, 1.165) is 27.4 Å². The van der Waals surface area contributed by atoms with Gasteiger partial charge in [-0.2, -0.15) is 0 Å². The van der Waals surface area contributed by atoms with Gasteiger partial charge in [0.15, 0.2) is 0 Å². The van der Waals surface area contributed by atoms with Crippen LogP contribution in [0.15, 0.2) is 77.7 Å². The molecule has 0 saturated heterocycles. The number of carbonyl (C=O) groups is 2. The molecule has 1 atom stereocenters. The lowest BCUT2D eigenvalue weighted by atomic mass is 10.1. The molecule has 0 heterocycles. The summed E-state index contributed by atoms with van der Waals surface area (Å²) in [6, 6.07) is 22.7. The molecule has 0 aliphatic carbocycles. The lowest BCUT2D eigenvalue weighted by Gasteiger charge is -2.13. The van der Waals surface area contributed by atoms with E-state index in [9.17, 15) is 9.59 Å². The van der Waals surface area contributed by atoms with Crippen LogP contribution in [-0.2, 0) is 4.79 Å². The molecule has 3 rings (SSSR count). The first-order chi connectivity index (χ1) is 13.9. The molecule has 29 heavy (non-hydrogen) atoms. The van der Waals surface area contributed by atoms with Crippen molar-refractivity contribution in [2.24, 2.45) is 0 Å². The maximum absolute atomic E-state index is 12.4. The highest BCUT2D eigenvalue weighted by molar-refractivity contribution is 8.00. The fourth-order valence-corrected chi connectivity index (χ4v) is 3.62. The van der Waals surface area contributed by atoms with Crippen molar-refractivity contribution in [3.63, 3.8) is 0 Å². The van der Waals surface area contributed by atoms with Gasteiger partial charge in [0.1, 0.15) is 0 Å². The molecule has 0 aromatic heterocycles. The standard InChI is InChI=1S/C24H24N2O2S/c1-16-7-9-19(10-8-16)24(28)25-20-11-13-22(14-12-20)29-18(3)23(27)26-21-6-4-5-17(2)15-21/h4-15,18H,1-3H3,(H,25,28)(H,26,27). The third-order valence-electron chi connectivity index (χ3n) is 4.39. The Morgan fingerprint density at radius 3 is 2.14 bits per heavy atom. The third-order valence-corrected chi connectivity index (χ3v) is 5.51. The molecule has 0 radical (unpaired) electrons. The number of aryl methyl sites for hydroxylation is 2. The van der Waals surface area contributed by atoms with Gasteiger partial charge in [0.2, 0.25) is 5.91 Å². The van der Waals surface area contributed by atoms with Gasteiger partial charge in [-0.05, 0) is 74.9 Å². The molecule has 3 aromatic carbocycles. The minimum Gasteiger partial charge on any atom is -0.325 e. The zero-order valence-electron chi connectivity index (χ0n) is 16.7. The predicted octanol–water partition coefficient (Wildman–Crippen LogP) is 5.68. The quantitative estimate of drug-likeness (QED) is 0.520. The SMILES string of the molecule is Cc1ccc(C(=O)Nc2ccc(SC(C)C(=O)Nc3cccc(C)c3)cc2)cc1. The first-order valence-corrected chi connectivity index (χ1v) is 10.3. The van der Waals surface area contributed by atoms with Crippen LogP contribution in [0.4, 0.5) is 11.4 Å². The number of anilines is 2. The number of thioether (sulfide) groups is 1. The smallest absolute Gasteiger partial charge is 0.255 e. The number of hydrogen-bond donors (Lipinski definition) is 2. The van der Waals surface area contributed by atoms with Crippen LogP contribution < -0.4 is 10.6 Å². The van der Waals surface area contributed by atoms with Crippen LogP contribution in [0.1, 0.15) is 28.4 Å². The van der Waals surface area contributed by atoms with Crippen LogP contribution in [0.3, 0.4) is 0 Å². The van der Waals surface area contributed by atoms with Crippen molar-refractivity contribution in [3.05, 3.63) is 89.5 Å². The molecule has 148 valence electrons. The molecule has 0 spiro atoms. The summed E-state index contributed by atoms with van der Waals surface area (Å²) in [5.41, 5.74) is 4.36. The van der Waals surface area contributed by atoms with Crippen LogP contribution in [0.25, 0.3) is 0 Å². The zero-order valence-corrected chi connectivity index (χ0v) is 17.5. The number of nitrogens with one attached hydrogen (secondary N) is 2. The lowest BCUT2D eigenvalue weighted by Crippen LogP contribution is -2.22. The average molecular weight is 405 g/mol. The highest BCUT2D eigenvalue weighted by atomic mass is 32.2. The van der Waals surface area contributed by atoms with Gasteiger partial charge in [0.05, 0.1) is 5.25 Å². The van der Waals surface area contributed by atoms with Gasteiger partial charge in [-0.15, -0.1) is 11.8 Å². The van der Waals surface area contributed by atoms with Gasteiger partial charge < -0.3 is 10.6 Å². The summed E-state index contributed by atoms with van der Waals surface area (Å²) in [7, 11) is 0. The van der Waals surface area contributed by atoms with Crippen molar-refractivity contribution in [1.29, 1.82) is 0 Å². The Balaban J connectivity index is 1.56. The van der Waals surface area contributed by atoms with Gasteiger partial charge in [0, 0.05) is 21.8 Å². The van der Waals surface area contributed by atoms with Crippen molar-refractivity contribution in [2.75, 3.05) is 10.6 Å². The molecule has 2 N–H and O–H groups in total. The van der Waals surface area contributed by atoms with Crippen LogP contribution in [0, 0.1) is 13.8 Å². The topological polar surface area (TPSA) is 58.2 Å². The normalized spacial score (nSPS) is 11.6. The Bertz CT molecular complexity index is 998. The minimum absolute atomic E-state index is 0.0441. The van der Waals surface area contributed by atoms with Crippen molar-refractivity contribution in [1.82, 2.24) is 0 Å². The van der Waals surface area contributed by atoms with Crippen LogP contribution in [0.5, 0.6) is 0 Å². The summed E-state index contributed by atoms with van der Waals surface area (Å²) >= 11 is 1.48. The largest absolute Gasteiger partial charge is 0.325 e. The van der Waals surface area contributed by atoms with Gasteiger partial charge in [-0.1, -0.05) is 29.8 Å². The van der Waals surface area contributed by atoms with Crippen molar-refractivity contribution in [2.45, 2.75) is 30.9 Å². The van der Waals surface area contributed by atoms with E-state index in [2.05, 4.69) is 10.6 Å². The summed E-state index contributed by atoms with van der Waals surface area (Å²) < 4.78 is 0. The molecular formula is C24H24N2O2S. The molecule has 0 fully saturated rings. The van der Waals surface area contributed by atoms with E-state index in [1.807, 2.05) is 93.6 Å². The van der Waals surface area contributed by atoms with Gasteiger partial charge in [0.25, 0.3) is 5.91 Å². The van der Waals surface area contributed by atoms with Gasteiger partial charge >= 0.3 is 0 Å². The molecule has 0 bridgehead atoms. The summed E-state index contributed by atoms with van der Waals surface area (Å²) in [6.45, 7) is 5.86. The van der Waals surface area contributed by atoms with E-state index >= 15 is 0 Å². The molecule has 1 unspecified atom stereocenters. The van der Waals surface area contributed by atoms with Crippen LogP contribution in [-0.4, -0.2) is 17.1 Å². The first-order valence-electron chi connectivity index (χ1n) is 9.43. The number of rotatable bonds is 6. The van der Waals surface area contributed by atoms with E-state index in [4.69, 9.17) is 0 Å². The summed E-state index contributed by atoms with van der Waals surface area (Å²) in [6.07, 6.45) is 0. The van der Waals surface area contributed by atoms with E-state index in [0.29, 0.717) is 5.56 Å². The van der Waals surface area contributed by atoms with Gasteiger partial charge in [-0.25, -0.2) is 0 Å². The Labute approximate surface area is 175 Å². The molecular weight excluding hydrogens is 380 g/mol. The monoisotopic (exact) mass is 404 g/mol. The third kappa shape index (κ3) is 5.96. The maximum atomic E-state index is 12.4. The van der Waals surface area contributed by atoms with Crippen molar-refractivity contribution >= 4 is 35.0 Å². The first kappa shape index (κ1) is 20.7. The molecule has 4 nitrogen and oxygen atoms in total. The molecule has 2 amide bonds. The molecule has 0 aliphatic heterocycles. The van der Waals surface area contributed by atoms with E-state index in [1.165, 1.54) is 11.8 Å². The van der Waals surface area contributed by atoms with E-state index in [-0.39, 0.29) is 17.1 Å². The molecule has 0 aliphatic rings. The second kappa shape index (κ2) is 9.43. The molecule has 0 saturated carbocycles. The van der Waals surface area contributed by atoms with Crippen molar-refractivity contribution in [3.8, 4) is 0 Å². The predicted molar refractivity (Wildman–Crippen MR) is 121 cm³/mol. The summed E-state index contributed by atoms with van der Waals surface area (Å²) in [5.74, 6) is -0.186. The van der Waals surface area contributed by atoms with Gasteiger partial charge in [-0.3, -0.25) is 9.59 Å². The highest BCUT2D eigenvalue weighted by Crippen LogP contribution is 2.26.